The van der Waals surface area contributed by atoms with E-state index in [2.05, 4.69) is 20.8 Å². The Morgan fingerprint density at radius 2 is 1.88 bits per heavy atom. The molecule has 2 heteroatoms. The Labute approximate surface area is 100 Å². The third-order valence-electron chi connectivity index (χ3n) is 4.23. The van der Waals surface area contributed by atoms with Crippen LogP contribution in [0.3, 0.4) is 0 Å². The molecule has 0 heterocycles. The van der Waals surface area contributed by atoms with Crippen LogP contribution < -0.4 is 0 Å². The molecule has 1 rings (SSSR count). The lowest BCUT2D eigenvalue weighted by atomic mass is 9.70. The molecule has 0 aliphatic heterocycles. The number of aliphatic hydroxyl groups excluding tert-OH is 1. The Morgan fingerprint density at radius 3 is 2.38 bits per heavy atom. The third kappa shape index (κ3) is 4.06. The van der Waals surface area contributed by atoms with Crippen molar-refractivity contribution in [1.29, 1.82) is 0 Å². The molecule has 16 heavy (non-hydrogen) atoms. The van der Waals surface area contributed by atoms with Crippen LogP contribution in [0.1, 0.15) is 52.9 Å². The van der Waals surface area contributed by atoms with E-state index in [0.717, 1.165) is 13.0 Å². The van der Waals surface area contributed by atoms with Crippen LogP contribution in [0.2, 0.25) is 0 Å². The van der Waals surface area contributed by atoms with Gasteiger partial charge in [-0.2, -0.15) is 0 Å². The molecule has 0 radical (unpaired) electrons. The van der Waals surface area contributed by atoms with E-state index in [9.17, 15) is 5.11 Å². The Kier molecular flexibility index (Phi) is 5.26. The van der Waals surface area contributed by atoms with Gasteiger partial charge in [0, 0.05) is 13.7 Å². The van der Waals surface area contributed by atoms with Gasteiger partial charge in [0.15, 0.2) is 0 Å². The lowest BCUT2D eigenvalue weighted by Gasteiger charge is -2.38. The van der Waals surface area contributed by atoms with Gasteiger partial charge in [0.25, 0.3) is 0 Å². The predicted octanol–water partition coefficient (Wildman–Crippen LogP) is 3.24. The SMILES string of the molecule is COCCC(C)C(O)C1CCC(C)(C)CC1. The zero-order valence-corrected chi connectivity index (χ0v) is 11.3. The average Bonchev–Trinajstić information content (AvgIpc) is 2.25. The highest BCUT2D eigenvalue weighted by Gasteiger charge is 2.32. The zero-order chi connectivity index (χ0) is 12.2. The van der Waals surface area contributed by atoms with Crippen LogP contribution in [-0.2, 0) is 4.74 Å². The second-order valence-corrected chi connectivity index (χ2v) is 6.25. The van der Waals surface area contributed by atoms with Crippen molar-refractivity contribution in [2.75, 3.05) is 13.7 Å². The number of aliphatic hydroxyl groups is 1. The summed E-state index contributed by atoms with van der Waals surface area (Å²) in [5.41, 5.74) is 0.492. The second-order valence-electron chi connectivity index (χ2n) is 6.25. The second kappa shape index (κ2) is 6.02. The van der Waals surface area contributed by atoms with E-state index >= 15 is 0 Å². The minimum atomic E-state index is -0.133. The van der Waals surface area contributed by atoms with Gasteiger partial charge in [-0.1, -0.05) is 20.8 Å². The highest BCUT2D eigenvalue weighted by Crippen LogP contribution is 2.40. The van der Waals surface area contributed by atoms with Gasteiger partial charge in [-0.25, -0.2) is 0 Å². The monoisotopic (exact) mass is 228 g/mol. The molecule has 0 aromatic rings. The summed E-state index contributed by atoms with van der Waals surface area (Å²) in [4.78, 5) is 0. The molecule has 2 unspecified atom stereocenters. The van der Waals surface area contributed by atoms with Crippen LogP contribution >= 0.6 is 0 Å². The van der Waals surface area contributed by atoms with Crippen molar-refractivity contribution in [2.24, 2.45) is 17.3 Å². The number of methoxy groups -OCH3 is 1. The summed E-state index contributed by atoms with van der Waals surface area (Å²) in [6.45, 7) is 7.58. The molecule has 0 saturated heterocycles. The fraction of sp³-hybridized carbons (Fsp3) is 1.00. The smallest absolute Gasteiger partial charge is 0.0594 e. The number of ether oxygens (including phenoxy) is 1. The topological polar surface area (TPSA) is 29.5 Å². The molecule has 96 valence electrons. The molecule has 1 aliphatic rings. The molecular formula is C14H28O2. The number of hydrogen-bond acceptors (Lipinski definition) is 2. The fourth-order valence-electron chi connectivity index (χ4n) is 2.70. The van der Waals surface area contributed by atoms with Gasteiger partial charge in [0.2, 0.25) is 0 Å². The molecule has 1 aliphatic carbocycles. The van der Waals surface area contributed by atoms with E-state index in [1.165, 1.54) is 25.7 Å². The quantitative estimate of drug-likeness (QED) is 0.783. The van der Waals surface area contributed by atoms with Gasteiger partial charge < -0.3 is 9.84 Å². The maximum atomic E-state index is 10.3. The van der Waals surface area contributed by atoms with Crippen molar-refractivity contribution in [3.05, 3.63) is 0 Å². The van der Waals surface area contributed by atoms with E-state index in [-0.39, 0.29) is 6.10 Å². The summed E-state index contributed by atoms with van der Waals surface area (Å²) in [6, 6.07) is 0. The standard InChI is InChI=1S/C14H28O2/c1-11(7-10-16-4)13(15)12-5-8-14(2,3)9-6-12/h11-13,15H,5-10H2,1-4H3. The van der Waals surface area contributed by atoms with Gasteiger partial charge in [-0.15, -0.1) is 0 Å². The average molecular weight is 228 g/mol. The van der Waals surface area contributed by atoms with Crippen molar-refractivity contribution in [3.8, 4) is 0 Å². The largest absolute Gasteiger partial charge is 0.393 e. The number of hydrogen-bond donors (Lipinski definition) is 1. The first kappa shape index (κ1) is 14.0. The molecule has 0 bridgehead atoms. The molecule has 0 aromatic heterocycles. The maximum absolute atomic E-state index is 10.3. The van der Waals surface area contributed by atoms with Crippen molar-refractivity contribution in [1.82, 2.24) is 0 Å². The highest BCUT2D eigenvalue weighted by atomic mass is 16.5. The lowest BCUT2D eigenvalue weighted by molar-refractivity contribution is 0.0109. The molecule has 0 aromatic carbocycles. The van der Waals surface area contributed by atoms with Gasteiger partial charge in [0.05, 0.1) is 6.10 Å². The Bertz CT molecular complexity index is 191. The third-order valence-corrected chi connectivity index (χ3v) is 4.23. The molecular weight excluding hydrogens is 200 g/mol. The van der Waals surface area contributed by atoms with Gasteiger partial charge in [-0.3, -0.25) is 0 Å². The first-order valence-corrected chi connectivity index (χ1v) is 6.63. The lowest BCUT2D eigenvalue weighted by Crippen LogP contribution is -2.33. The van der Waals surface area contributed by atoms with Crippen LogP contribution in [0.4, 0.5) is 0 Å². The minimum absolute atomic E-state index is 0.133. The van der Waals surface area contributed by atoms with Gasteiger partial charge in [-0.05, 0) is 49.4 Å². The molecule has 1 saturated carbocycles. The number of rotatable bonds is 5. The molecule has 1 N–H and O–H groups in total. The fourth-order valence-corrected chi connectivity index (χ4v) is 2.70. The first-order chi connectivity index (χ1) is 7.46. The first-order valence-electron chi connectivity index (χ1n) is 6.63. The molecule has 0 spiro atoms. The van der Waals surface area contributed by atoms with Crippen LogP contribution in [0, 0.1) is 17.3 Å². The zero-order valence-electron chi connectivity index (χ0n) is 11.3. The van der Waals surface area contributed by atoms with Crippen LogP contribution in [-0.4, -0.2) is 24.9 Å². The summed E-state index contributed by atoms with van der Waals surface area (Å²) in [7, 11) is 1.72. The Balaban J connectivity index is 2.34. The van der Waals surface area contributed by atoms with E-state index < -0.39 is 0 Å². The van der Waals surface area contributed by atoms with Crippen LogP contribution in [0.15, 0.2) is 0 Å². The van der Waals surface area contributed by atoms with Crippen molar-refractivity contribution in [2.45, 2.75) is 59.0 Å². The normalized spacial score (nSPS) is 25.3. The van der Waals surface area contributed by atoms with Crippen molar-refractivity contribution >= 4 is 0 Å². The Morgan fingerprint density at radius 1 is 1.31 bits per heavy atom. The van der Waals surface area contributed by atoms with E-state index in [1.807, 2.05) is 0 Å². The van der Waals surface area contributed by atoms with E-state index in [0.29, 0.717) is 17.3 Å². The molecule has 0 amide bonds. The molecule has 1 fully saturated rings. The van der Waals surface area contributed by atoms with Gasteiger partial charge in [0.1, 0.15) is 0 Å². The van der Waals surface area contributed by atoms with E-state index in [4.69, 9.17) is 4.74 Å². The minimum Gasteiger partial charge on any atom is -0.393 e. The molecule has 2 nitrogen and oxygen atoms in total. The summed E-state index contributed by atoms with van der Waals surface area (Å²) < 4.78 is 5.07. The summed E-state index contributed by atoms with van der Waals surface area (Å²) >= 11 is 0. The van der Waals surface area contributed by atoms with Crippen molar-refractivity contribution in [3.63, 3.8) is 0 Å². The molecule has 2 atom stereocenters. The van der Waals surface area contributed by atoms with Crippen molar-refractivity contribution < 1.29 is 9.84 Å². The van der Waals surface area contributed by atoms with E-state index in [1.54, 1.807) is 7.11 Å². The van der Waals surface area contributed by atoms with Gasteiger partial charge >= 0.3 is 0 Å². The maximum Gasteiger partial charge on any atom is 0.0594 e. The van der Waals surface area contributed by atoms with Crippen LogP contribution in [0.25, 0.3) is 0 Å². The Hall–Kier alpha value is -0.0800. The summed E-state index contributed by atoms with van der Waals surface area (Å²) in [5, 5.41) is 10.3. The summed E-state index contributed by atoms with van der Waals surface area (Å²) in [6.07, 6.45) is 5.72. The van der Waals surface area contributed by atoms with Crippen LogP contribution in [0.5, 0.6) is 0 Å². The highest BCUT2D eigenvalue weighted by molar-refractivity contribution is 4.83. The summed E-state index contributed by atoms with van der Waals surface area (Å²) in [5.74, 6) is 0.881. The predicted molar refractivity (Wildman–Crippen MR) is 67.4 cm³/mol.